The second-order valence-corrected chi connectivity index (χ2v) is 13.9. The molecular formula is C32H42F2N2O4. The molecule has 2 atom stereocenters. The maximum atomic E-state index is 15.2. The van der Waals surface area contributed by atoms with Gasteiger partial charge in [0.2, 0.25) is 0 Å². The van der Waals surface area contributed by atoms with E-state index < -0.39 is 35.2 Å². The molecule has 2 aliphatic rings. The van der Waals surface area contributed by atoms with Crippen LogP contribution >= 0.6 is 0 Å². The number of carbonyl (C=O) groups is 2. The molecular weight excluding hydrogens is 514 g/mol. The lowest BCUT2D eigenvalue weighted by atomic mass is 9.96. The molecule has 2 aromatic rings. The van der Waals surface area contributed by atoms with Gasteiger partial charge in [0.1, 0.15) is 12.2 Å². The summed E-state index contributed by atoms with van der Waals surface area (Å²) < 4.78 is 41.7. The minimum absolute atomic E-state index is 0.0154. The number of carbonyl (C=O) groups excluding carboxylic acids is 2. The highest BCUT2D eigenvalue weighted by atomic mass is 19.2. The monoisotopic (exact) mass is 556 g/mol. The molecule has 2 heterocycles. The molecule has 2 unspecified atom stereocenters. The van der Waals surface area contributed by atoms with Gasteiger partial charge in [-0.2, -0.15) is 0 Å². The normalized spacial score (nSPS) is 24.6. The fourth-order valence-electron chi connectivity index (χ4n) is 6.36. The summed E-state index contributed by atoms with van der Waals surface area (Å²) in [5.41, 5.74) is -0.703. The van der Waals surface area contributed by atoms with Crippen LogP contribution in [0.5, 0.6) is 0 Å². The molecule has 2 aromatic carbocycles. The van der Waals surface area contributed by atoms with Crippen LogP contribution in [0.4, 0.5) is 8.78 Å². The zero-order chi connectivity index (χ0) is 29.7. The Morgan fingerprint density at radius 2 is 1.38 bits per heavy atom. The number of halogens is 2. The molecule has 0 amide bonds. The number of hydrogen-bond acceptors (Lipinski definition) is 6. The second-order valence-electron chi connectivity index (χ2n) is 13.9. The van der Waals surface area contributed by atoms with Gasteiger partial charge in [0.05, 0.1) is 16.7 Å². The van der Waals surface area contributed by atoms with E-state index in [-0.39, 0.29) is 33.8 Å². The SMILES string of the molecule is CC1(C)CCC(OC(=O)c2ccc(-c3ccc(C(=O)OC4CC(C)(C)NC4(C)C)cc3)c(F)c2F)CC(C)(C)N1. The van der Waals surface area contributed by atoms with Crippen LogP contribution in [0.3, 0.4) is 0 Å². The number of esters is 2. The first kappa shape index (κ1) is 30.1. The number of benzene rings is 2. The molecule has 2 fully saturated rings. The number of ether oxygens (including phenoxy) is 2. The van der Waals surface area contributed by atoms with Crippen LogP contribution in [0.25, 0.3) is 11.1 Å². The summed E-state index contributed by atoms with van der Waals surface area (Å²) in [6, 6.07) is 8.74. The van der Waals surface area contributed by atoms with Crippen LogP contribution < -0.4 is 10.6 Å². The van der Waals surface area contributed by atoms with Crippen molar-refractivity contribution in [3.05, 3.63) is 59.2 Å². The van der Waals surface area contributed by atoms with Gasteiger partial charge >= 0.3 is 11.9 Å². The van der Waals surface area contributed by atoms with E-state index in [1.165, 1.54) is 36.4 Å². The Bertz CT molecular complexity index is 1280. The maximum absolute atomic E-state index is 15.2. The summed E-state index contributed by atoms with van der Waals surface area (Å²) >= 11 is 0. The zero-order valence-corrected chi connectivity index (χ0v) is 24.8. The Morgan fingerprint density at radius 3 is 1.98 bits per heavy atom. The van der Waals surface area contributed by atoms with Crippen molar-refractivity contribution in [2.45, 2.75) is 115 Å². The largest absolute Gasteiger partial charge is 0.459 e. The van der Waals surface area contributed by atoms with Gasteiger partial charge < -0.3 is 20.1 Å². The molecule has 0 radical (unpaired) electrons. The summed E-state index contributed by atoms with van der Waals surface area (Å²) in [4.78, 5) is 25.7. The van der Waals surface area contributed by atoms with Gasteiger partial charge in [-0.25, -0.2) is 18.4 Å². The van der Waals surface area contributed by atoms with Crippen molar-refractivity contribution in [1.82, 2.24) is 10.6 Å². The lowest BCUT2D eigenvalue weighted by molar-refractivity contribution is 0.0170. The van der Waals surface area contributed by atoms with E-state index in [0.29, 0.717) is 30.4 Å². The highest BCUT2D eigenvalue weighted by molar-refractivity contribution is 5.92. The third-order valence-corrected chi connectivity index (χ3v) is 7.92. The van der Waals surface area contributed by atoms with E-state index in [4.69, 9.17) is 9.47 Å². The molecule has 8 heteroatoms. The number of hydrogen-bond donors (Lipinski definition) is 2. The smallest absolute Gasteiger partial charge is 0.341 e. The quantitative estimate of drug-likeness (QED) is 0.406. The van der Waals surface area contributed by atoms with E-state index in [1.54, 1.807) is 0 Å². The first-order valence-electron chi connectivity index (χ1n) is 14.0. The molecule has 6 nitrogen and oxygen atoms in total. The summed E-state index contributed by atoms with van der Waals surface area (Å²) in [6.45, 7) is 16.4. The summed E-state index contributed by atoms with van der Waals surface area (Å²) in [6.07, 6.45) is 1.92. The van der Waals surface area contributed by atoms with Crippen LogP contribution in [-0.4, -0.2) is 46.3 Å². The summed E-state index contributed by atoms with van der Waals surface area (Å²) in [5, 5.41) is 7.03. The minimum Gasteiger partial charge on any atom is -0.459 e. The average Bonchev–Trinajstić information content (AvgIpc) is 2.96. The fraction of sp³-hybridized carbons (Fsp3) is 0.562. The molecule has 4 rings (SSSR count). The lowest BCUT2D eigenvalue weighted by Gasteiger charge is -2.34. The van der Waals surface area contributed by atoms with Crippen molar-refractivity contribution in [3.63, 3.8) is 0 Å². The van der Waals surface area contributed by atoms with Crippen molar-refractivity contribution in [2.75, 3.05) is 0 Å². The van der Waals surface area contributed by atoms with Gasteiger partial charge in [0, 0.05) is 35.0 Å². The predicted molar refractivity (Wildman–Crippen MR) is 151 cm³/mol. The maximum Gasteiger partial charge on any atom is 0.341 e. The van der Waals surface area contributed by atoms with Gasteiger partial charge in [-0.05, 0) is 92.0 Å². The Labute approximate surface area is 236 Å². The predicted octanol–water partition coefficient (Wildman–Crippen LogP) is 6.56. The molecule has 0 spiro atoms. The minimum atomic E-state index is -1.25. The van der Waals surface area contributed by atoms with Gasteiger partial charge in [-0.3, -0.25) is 0 Å². The van der Waals surface area contributed by atoms with Crippen molar-refractivity contribution in [3.8, 4) is 11.1 Å². The summed E-state index contributed by atoms with van der Waals surface area (Å²) in [7, 11) is 0. The van der Waals surface area contributed by atoms with Crippen molar-refractivity contribution >= 4 is 11.9 Å². The highest BCUT2D eigenvalue weighted by Crippen LogP contribution is 2.34. The molecule has 2 aliphatic heterocycles. The van der Waals surface area contributed by atoms with Crippen LogP contribution in [0.15, 0.2) is 36.4 Å². The Kier molecular flexibility index (Phi) is 7.93. The van der Waals surface area contributed by atoms with Crippen LogP contribution in [-0.2, 0) is 9.47 Å². The first-order chi connectivity index (χ1) is 18.4. The third kappa shape index (κ3) is 6.72. The van der Waals surface area contributed by atoms with Crippen molar-refractivity contribution < 1.29 is 27.8 Å². The highest BCUT2D eigenvalue weighted by Gasteiger charge is 2.46. The van der Waals surface area contributed by atoms with Crippen LogP contribution in [0.1, 0.15) is 102 Å². The number of rotatable bonds is 5. The number of nitrogens with one attached hydrogen (secondary N) is 2. The molecule has 0 bridgehead atoms. The van der Waals surface area contributed by atoms with Gasteiger partial charge in [0.15, 0.2) is 11.6 Å². The van der Waals surface area contributed by atoms with E-state index in [1.807, 2.05) is 27.7 Å². The fourth-order valence-corrected chi connectivity index (χ4v) is 6.36. The van der Waals surface area contributed by atoms with E-state index in [9.17, 15) is 9.59 Å². The molecule has 0 aliphatic carbocycles. The summed E-state index contributed by atoms with van der Waals surface area (Å²) in [5.74, 6) is -3.76. The second kappa shape index (κ2) is 10.5. The third-order valence-electron chi connectivity index (χ3n) is 7.92. The Hall–Kier alpha value is -2.84. The Morgan fingerprint density at radius 1 is 0.750 bits per heavy atom. The molecule has 2 saturated heterocycles. The molecule has 2 N–H and O–H groups in total. The molecule has 0 saturated carbocycles. The Balaban J connectivity index is 1.46. The standard InChI is InChI=1S/C32H42F2N2O4/c1-29(2)16-15-21(17-30(3,4)35-29)39-28(38)23-14-13-22(25(33)26(23)34)19-9-11-20(12-10-19)27(37)40-24-18-31(5,6)36-32(24,7)8/h9-14,21,24,35-36H,15-18H2,1-8H3. The van der Waals surface area contributed by atoms with Crippen LogP contribution in [0, 0.1) is 11.6 Å². The molecule has 218 valence electrons. The lowest BCUT2D eigenvalue weighted by Crippen LogP contribution is -2.50. The van der Waals surface area contributed by atoms with E-state index in [0.717, 1.165) is 6.42 Å². The van der Waals surface area contributed by atoms with Gasteiger partial charge in [-0.1, -0.05) is 18.2 Å². The van der Waals surface area contributed by atoms with Crippen molar-refractivity contribution in [1.29, 1.82) is 0 Å². The zero-order valence-electron chi connectivity index (χ0n) is 24.8. The molecule has 40 heavy (non-hydrogen) atoms. The first-order valence-corrected chi connectivity index (χ1v) is 14.0. The van der Waals surface area contributed by atoms with E-state index >= 15 is 8.78 Å². The average molecular weight is 557 g/mol. The van der Waals surface area contributed by atoms with E-state index in [2.05, 4.69) is 38.3 Å². The van der Waals surface area contributed by atoms with Crippen molar-refractivity contribution in [2.24, 2.45) is 0 Å². The molecule has 0 aromatic heterocycles. The van der Waals surface area contributed by atoms with Crippen LogP contribution in [0.2, 0.25) is 0 Å². The van der Waals surface area contributed by atoms with Gasteiger partial charge in [0.25, 0.3) is 0 Å². The van der Waals surface area contributed by atoms with Gasteiger partial charge in [-0.15, -0.1) is 0 Å². The topological polar surface area (TPSA) is 76.7 Å².